The standard InChI is InChI=1S/C16H27ClO/c1-2-3-4-5-6-7-9-12-15-18-16-13-10-8-11-14-17/h7-9,13H,2-6,11-12,14-16H2,1H3. The molecule has 0 aromatic rings. The van der Waals surface area contributed by atoms with E-state index in [0.29, 0.717) is 12.5 Å². The Balaban J connectivity index is 3.19. The van der Waals surface area contributed by atoms with Gasteiger partial charge < -0.3 is 4.74 Å². The summed E-state index contributed by atoms with van der Waals surface area (Å²) in [5.41, 5.74) is 3.04. The van der Waals surface area contributed by atoms with Crippen LogP contribution in [-0.4, -0.2) is 19.1 Å². The van der Waals surface area contributed by atoms with Gasteiger partial charge in [0.05, 0.1) is 13.2 Å². The zero-order valence-corrected chi connectivity index (χ0v) is 12.4. The smallest absolute Gasteiger partial charge is 0.0721 e. The molecule has 18 heavy (non-hydrogen) atoms. The molecule has 0 unspecified atom stereocenters. The van der Waals surface area contributed by atoms with Crippen LogP contribution in [0, 0.1) is 0 Å². The molecule has 0 aliphatic rings. The summed E-state index contributed by atoms with van der Waals surface area (Å²) >= 11 is 5.53. The molecule has 0 aliphatic heterocycles. The van der Waals surface area contributed by atoms with Gasteiger partial charge in [-0.2, -0.15) is 0 Å². The number of allylic oxidation sites excluding steroid dienone is 1. The van der Waals surface area contributed by atoms with Crippen LogP contribution in [-0.2, 0) is 4.74 Å². The molecule has 0 saturated carbocycles. The molecule has 0 aromatic heterocycles. The number of ether oxygens (including phenoxy) is 1. The van der Waals surface area contributed by atoms with Gasteiger partial charge in [-0.25, -0.2) is 0 Å². The Hall–Kier alpha value is -0.490. The van der Waals surface area contributed by atoms with E-state index in [0.717, 1.165) is 19.4 Å². The molecule has 0 atom stereocenters. The molecule has 0 aromatic carbocycles. The molecule has 0 heterocycles. The van der Waals surface area contributed by atoms with E-state index in [1.807, 2.05) is 12.2 Å². The number of hydrogen-bond acceptors (Lipinski definition) is 1. The fourth-order valence-electron chi connectivity index (χ4n) is 1.49. The van der Waals surface area contributed by atoms with E-state index >= 15 is 0 Å². The number of rotatable bonds is 12. The molecule has 0 rings (SSSR count). The summed E-state index contributed by atoms with van der Waals surface area (Å²) in [5.74, 6) is 0.657. The number of halogens is 1. The Morgan fingerprint density at radius 1 is 1.00 bits per heavy atom. The Morgan fingerprint density at radius 3 is 2.61 bits per heavy atom. The molecule has 1 nitrogen and oxygen atoms in total. The molecule has 0 aliphatic carbocycles. The van der Waals surface area contributed by atoms with Crippen molar-refractivity contribution in [2.75, 3.05) is 19.1 Å². The van der Waals surface area contributed by atoms with E-state index in [1.54, 1.807) is 0 Å². The van der Waals surface area contributed by atoms with E-state index < -0.39 is 0 Å². The molecule has 0 spiro atoms. The van der Waals surface area contributed by atoms with Gasteiger partial charge in [0, 0.05) is 5.88 Å². The third kappa shape index (κ3) is 15.5. The first-order chi connectivity index (χ1) is 8.91. The molecule has 0 saturated heterocycles. The number of alkyl halides is 1. The summed E-state index contributed by atoms with van der Waals surface area (Å²) in [6.07, 6.45) is 16.8. The molecular formula is C16H27ClO. The zero-order valence-electron chi connectivity index (χ0n) is 11.7. The number of hydrogen-bond donors (Lipinski definition) is 0. The average molecular weight is 271 g/mol. The van der Waals surface area contributed by atoms with Crippen molar-refractivity contribution in [3.63, 3.8) is 0 Å². The van der Waals surface area contributed by atoms with Crippen LogP contribution in [0.4, 0.5) is 0 Å². The Kier molecular flexibility index (Phi) is 16.1. The van der Waals surface area contributed by atoms with E-state index in [9.17, 15) is 0 Å². The summed E-state index contributed by atoms with van der Waals surface area (Å²) < 4.78 is 5.44. The molecule has 104 valence electrons. The molecular weight excluding hydrogens is 244 g/mol. The SMILES string of the molecule is CCCCCCC=CCCOCC=C=CCCCl. The minimum atomic E-state index is 0.642. The van der Waals surface area contributed by atoms with Crippen LogP contribution in [0.5, 0.6) is 0 Å². The first kappa shape index (κ1) is 17.5. The third-order valence-electron chi connectivity index (χ3n) is 2.51. The lowest BCUT2D eigenvalue weighted by Gasteiger charge is -1.96. The fourth-order valence-corrected chi connectivity index (χ4v) is 1.60. The minimum Gasteiger partial charge on any atom is -0.376 e. The van der Waals surface area contributed by atoms with Crippen LogP contribution in [0.15, 0.2) is 30.0 Å². The Bertz CT molecular complexity index is 239. The van der Waals surface area contributed by atoms with Crippen LogP contribution in [0.3, 0.4) is 0 Å². The van der Waals surface area contributed by atoms with Crippen LogP contribution in [0.1, 0.15) is 51.9 Å². The molecule has 0 radical (unpaired) electrons. The monoisotopic (exact) mass is 270 g/mol. The van der Waals surface area contributed by atoms with Gasteiger partial charge in [0.25, 0.3) is 0 Å². The van der Waals surface area contributed by atoms with Crippen LogP contribution in [0.25, 0.3) is 0 Å². The average Bonchev–Trinajstić information content (AvgIpc) is 2.39. The second-order valence-corrected chi connectivity index (χ2v) is 4.61. The van der Waals surface area contributed by atoms with Gasteiger partial charge >= 0.3 is 0 Å². The van der Waals surface area contributed by atoms with Gasteiger partial charge in [-0.1, -0.05) is 38.3 Å². The topological polar surface area (TPSA) is 9.23 Å². The van der Waals surface area contributed by atoms with Gasteiger partial charge in [0.2, 0.25) is 0 Å². The predicted molar refractivity (Wildman–Crippen MR) is 81.3 cm³/mol. The van der Waals surface area contributed by atoms with Gasteiger partial charge in [0.15, 0.2) is 0 Å². The van der Waals surface area contributed by atoms with E-state index in [2.05, 4.69) is 24.8 Å². The van der Waals surface area contributed by atoms with E-state index in [4.69, 9.17) is 16.3 Å². The fraction of sp³-hybridized carbons (Fsp3) is 0.688. The minimum absolute atomic E-state index is 0.642. The maximum atomic E-state index is 5.53. The Labute approximate surface area is 118 Å². The number of unbranched alkanes of at least 4 members (excludes halogenated alkanes) is 4. The van der Waals surface area contributed by atoms with Crippen molar-refractivity contribution in [2.24, 2.45) is 0 Å². The highest BCUT2D eigenvalue weighted by Gasteiger charge is 1.85. The summed E-state index contributed by atoms with van der Waals surface area (Å²) in [7, 11) is 0. The van der Waals surface area contributed by atoms with Crippen molar-refractivity contribution in [1.29, 1.82) is 0 Å². The quantitative estimate of drug-likeness (QED) is 0.203. The van der Waals surface area contributed by atoms with Gasteiger partial charge in [-0.15, -0.1) is 17.3 Å². The van der Waals surface area contributed by atoms with E-state index in [1.165, 1.54) is 32.1 Å². The van der Waals surface area contributed by atoms with Crippen LogP contribution in [0.2, 0.25) is 0 Å². The molecule has 0 bridgehead atoms. The van der Waals surface area contributed by atoms with Crippen molar-refractivity contribution in [3.05, 3.63) is 30.0 Å². The lowest BCUT2D eigenvalue weighted by Crippen LogP contribution is -1.91. The van der Waals surface area contributed by atoms with Crippen molar-refractivity contribution < 1.29 is 4.74 Å². The van der Waals surface area contributed by atoms with E-state index in [-0.39, 0.29) is 0 Å². The molecule has 0 amide bonds. The van der Waals surface area contributed by atoms with Gasteiger partial charge in [-0.3, -0.25) is 0 Å². The molecule has 2 heteroatoms. The molecule has 0 fully saturated rings. The third-order valence-corrected chi connectivity index (χ3v) is 2.73. The van der Waals surface area contributed by atoms with Crippen LogP contribution < -0.4 is 0 Å². The normalized spacial score (nSPS) is 10.6. The predicted octanol–water partition coefficient (Wildman–Crippen LogP) is 5.26. The first-order valence-corrected chi connectivity index (χ1v) is 7.63. The Morgan fingerprint density at radius 2 is 1.83 bits per heavy atom. The van der Waals surface area contributed by atoms with Crippen LogP contribution >= 0.6 is 11.6 Å². The highest BCUT2D eigenvalue weighted by atomic mass is 35.5. The maximum Gasteiger partial charge on any atom is 0.0721 e. The molecule has 0 N–H and O–H groups in total. The second kappa shape index (κ2) is 16.5. The summed E-state index contributed by atoms with van der Waals surface area (Å²) in [5, 5.41) is 0. The van der Waals surface area contributed by atoms with Crippen molar-refractivity contribution >= 4 is 11.6 Å². The summed E-state index contributed by atoms with van der Waals surface area (Å²) in [6.45, 7) is 3.68. The largest absolute Gasteiger partial charge is 0.376 e. The highest BCUT2D eigenvalue weighted by Crippen LogP contribution is 2.03. The highest BCUT2D eigenvalue weighted by molar-refractivity contribution is 6.17. The van der Waals surface area contributed by atoms with Crippen molar-refractivity contribution in [1.82, 2.24) is 0 Å². The van der Waals surface area contributed by atoms with Gasteiger partial charge in [-0.05, 0) is 37.8 Å². The lowest BCUT2D eigenvalue weighted by molar-refractivity contribution is 0.167. The zero-order chi connectivity index (χ0) is 13.3. The maximum absolute atomic E-state index is 5.53. The second-order valence-electron chi connectivity index (χ2n) is 4.24. The first-order valence-electron chi connectivity index (χ1n) is 7.10. The van der Waals surface area contributed by atoms with Crippen molar-refractivity contribution in [2.45, 2.75) is 51.9 Å². The van der Waals surface area contributed by atoms with Crippen molar-refractivity contribution in [3.8, 4) is 0 Å². The summed E-state index contributed by atoms with van der Waals surface area (Å²) in [6, 6.07) is 0. The van der Waals surface area contributed by atoms with Gasteiger partial charge in [0.1, 0.15) is 0 Å². The lowest BCUT2D eigenvalue weighted by atomic mass is 10.1. The summed E-state index contributed by atoms with van der Waals surface area (Å²) in [4.78, 5) is 0.